The third-order valence-electron chi connectivity index (χ3n) is 2.96. The van der Waals surface area contributed by atoms with Crippen molar-refractivity contribution in [3.63, 3.8) is 0 Å². The lowest BCUT2D eigenvalue weighted by atomic mass is 9.94. The Kier molecular flexibility index (Phi) is 5.13. The van der Waals surface area contributed by atoms with Gasteiger partial charge in [0.1, 0.15) is 0 Å². The van der Waals surface area contributed by atoms with E-state index in [0.29, 0.717) is 6.04 Å². The topological polar surface area (TPSA) is 12.0 Å². The summed E-state index contributed by atoms with van der Waals surface area (Å²) in [4.78, 5) is 0. The number of benzene rings is 1. The molecule has 0 saturated heterocycles. The number of rotatable bonds is 5. The normalized spacial score (nSPS) is 14.9. The van der Waals surface area contributed by atoms with Gasteiger partial charge in [0, 0.05) is 11.1 Å². The lowest BCUT2D eigenvalue weighted by Gasteiger charge is -2.20. The maximum atomic E-state index is 5.87. The molecule has 0 aliphatic heterocycles. The molecule has 0 saturated carbocycles. The van der Waals surface area contributed by atoms with Crippen LogP contribution < -0.4 is 5.32 Å². The molecule has 1 nitrogen and oxygen atoms in total. The van der Waals surface area contributed by atoms with Gasteiger partial charge in [0.25, 0.3) is 0 Å². The summed E-state index contributed by atoms with van der Waals surface area (Å²) in [5, 5.41) is 4.16. The van der Waals surface area contributed by atoms with Gasteiger partial charge in [-0.1, -0.05) is 44.0 Å². The summed E-state index contributed by atoms with van der Waals surface area (Å²) < 4.78 is 0. The van der Waals surface area contributed by atoms with Crippen LogP contribution in [0.5, 0.6) is 0 Å². The fourth-order valence-corrected chi connectivity index (χ4v) is 1.81. The lowest BCUT2D eigenvalue weighted by molar-refractivity contribution is 0.422. The molecule has 15 heavy (non-hydrogen) atoms. The quantitative estimate of drug-likeness (QED) is 0.798. The highest BCUT2D eigenvalue weighted by Gasteiger charge is 2.12. The van der Waals surface area contributed by atoms with Crippen molar-refractivity contribution in [3.05, 3.63) is 34.9 Å². The first-order valence-corrected chi connectivity index (χ1v) is 5.97. The van der Waals surface area contributed by atoms with Crippen molar-refractivity contribution >= 4 is 11.6 Å². The Morgan fingerprint density at radius 2 is 1.87 bits per heavy atom. The largest absolute Gasteiger partial charge is 0.313 e. The standard InChI is InChI=1S/C13H20ClN/c1-4-10(2)9-13(15-3)11-5-7-12(14)8-6-11/h5-8,10,13,15H,4,9H2,1-3H3. The van der Waals surface area contributed by atoms with Crippen LogP contribution in [0.25, 0.3) is 0 Å². The van der Waals surface area contributed by atoms with E-state index in [1.54, 1.807) is 0 Å². The van der Waals surface area contributed by atoms with Crippen LogP contribution in [-0.2, 0) is 0 Å². The SMILES string of the molecule is CCC(C)CC(NC)c1ccc(Cl)cc1. The van der Waals surface area contributed by atoms with Gasteiger partial charge in [-0.3, -0.25) is 0 Å². The van der Waals surface area contributed by atoms with Crippen molar-refractivity contribution in [3.8, 4) is 0 Å². The number of nitrogens with one attached hydrogen (secondary N) is 1. The maximum absolute atomic E-state index is 5.87. The van der Waals surface area contributed by atoms with Crippen molar-refractivity contribution in [1.29, 1.82) is 0 Å². The van der Waals surface area contributed by atoms with E-state index in [1.807, 2.05) is 19.2 Å². The highest BCUT2D eigenvalue weighted by molar-refractivity contribution is 6.30. The van der Waals surface area contributed by atoms with Crippen molar-refractivity contribution in [1.82, 2.24) is 5.32 Å². The molecule has 0 aliphatic carbocycles. The van der Waals surface area contributed by atoms with E-state index in [9.17, 15) is 0 Å². The smallest absolute Gasteiger partial charge is 0.0406 e. The summed E-state index contributed by atoms with van der Waals surface area (Å²) in [7, 11) is 2.02. The van der Waals surface area contributed by atoms with Gasteiger partial charge in [-0.05, 0) is 37.1 Å². The summed E-state index contributed by atoms with van der Waals surface area (Å²) in [5.41, 5.74) is 1.32. The average Bonchev–Trinajstić information content (AvgIpc) is 2.27. The Hall–Kier alpha value is -0.530. The molecule has 0 aliphatic rings. The van der Waals surface area contributed by atoms with Crippen molar-refractivity contribution < 1.29 is 0 Å². The summed E-state index contributed by atoms with van der Waals surface area (Å²) >= 11 is 5.87. The molecule has 2 atom stereocenters. The minimum absolute atomic E-state index is 0.442. The second-order valence-electron chi connectivity index (χ2n) is 4.14. The maximum Gasteiger partial charge on any atom is 0.0406 e. The summed E-state index contributed by atoms with van der Waals surface area (Å²) in [5.74, 6) is 0.748. The molecule has 0 amide bonds. The number of halogens is 1. The number of hydrogen-bond acceptors (Lipinski definition) is 1. The van der Waals surface area contributed by atoms with Gasteiger partial charge < -0.3 is 5.32 Å². The van der Waals surface area contributed by atoms with Gasteiger partial charge in [-0.2, -0.15) is 0 Å². The van der Waals surface area contributed by atoms with Crippen LogP contribution in [0.1, 0.15) is 38.3 Å². The highest BCUT2D eigenvalue weighted by atomic mass is 35.5. The molecular formula is C13H20ClN. The van der Waals surface area contributed by atoms with Crippen molar-refractivity contribution in [2.75, 3.05) is 7.05 Å². The molecule has 1 N–H and O–H groups in total. The Balaban J connectivity index is 2.69. The van der Waals surface area contributed by atoms with Gasteiger partial charge in [0.2, 0.25) is 0 Å². The summed E-state index contributed by atoms with van der Waals surface area (Å²) in [6, 6.07) is 8.56. The Morgan fingerprint density at radius 1 is 1.27 bits per heavy atom. The third kappa shape index (κ3) is 3.84. The van der Waals surface area contributed by atoms with Crippen LogP contribution in [0.15, 0.2) is 24.3 Å². The number of hydrogen-bond donors (Lipinski definition) is 1. The minimum Gasteiger partial charge on any atom is -0.313 e. The van der Waals surface area contributed by atoms with Gasteiger partial charge in [0.15, 0.2) is 0 Å². The Bertz CT molecular complexity index is 281. The predicted octanol–water partition coefficient (Wildman–Crippen LogP) is 4.04. The van der Waals surface area contributed by atoms with Crippen molar-refractivity contribution in [2.45, 2.75) is 32.7 Å². The Morgan fingerprint density at radius 3 is 2.33 bits per heavy atom. The fourth-order valence-electron chi connectivity index (χ4n) is 1.68. The zero-order chi connectivity index (χ0) is 11.3. The van der Waals surface area contributed by atoms with E-state index >= 15 is 0 Å². The monoisotopic (exact) mass is 225 g/mol. The van der Waals surface area contributed by atoms with Gasteiger partial charge in [-0.25, -0.2) is 0 Å². The van der Waals surface area contributed by atoms with Crippen LogP contribution >= 0.6 is 11.6 Å². The molecule has 0 radical (unpaired) electrons. The van der Waals surface area contributed by atoms with Gasteiger partial charge in [0.05, 0.1) is 0 Å². The van der Waals surface area contributed by atoms with E-state index < -0.39 is 0 Å². The zero-order valence-corrected chi connectivity index (χ0v) is 10.5. The lowest BCUT2D eigenvalue weighted by Crippen LogP contribution is -2.18. The van der Waals surface area contributed by atoms with E-state index in [2.05, 4.69) is 31.3 Å². The van der Waals surface area contributed by atoms with E-state index in [1.165, 1.54) is 18.4 Å². The molecule has 2 unspecified atom stereocenters. The minimum atomic E-state index is 0.442. The fraction of sp³-hybridized carbons (Fsp3) is 0.538. The molecular weight excluding hydrogens is 206 g/mol. The second-order valence-corrected chi connectivity index (χ2v) is 4.58. The molecule has 0 fully saturated rings. The second kappa shape index (κ2) is 6.14. The molecule has 0 heterocycles. The van der Waals surface area contributed by atoms with Crippen LogP contribution in [0.4, 0.5) is 0 Å². The molecule has 84 valence electrons. The van der Waals surface area contributed by atoms with Crippen LogP contribution in [0.3, 0.4) is 0 Å². The third-order valence-corrected chi connectivity index (χ3v) is 3.21. The first kappa shape index (κ1) is 12.5. The molecule has 1 aromatic carbocycles. The predicted molar refractivity (Wildman–Crippen MR) is 67.3 cm³/mol. The summed E-state index contributed by atoms with van der Waals surface area (Å²) in [6.45, 7) is 4.53. The van der Waals surface area contributed by atoms with Crippen LogP contribution in [0.2, 0.25) is 5.02 Å². The van der Waals surface area contributed by atoms with Gasteiger partial charge in [-0.15, -0.1) is 0 Å². The van der Waals surface area contributed by atoms with E-state index in [0.717, 1.165) is 10.9 Å². The van der Waals surface area contributed by atoms with Crippen molar-refractivity contribution in [2.24, 2.45) is 5.92 Å². The molecule has 1 rings (SSSR count). The van der Waals surface area contributed by atoms with E-state index in [-0.39, 0.29) is 0 Å². The zero-order valence-electron chi connectivity index (χ0n) is 9.76. The molecule has 2 heteroatoms. The van der Waals surface area contributed by atoms with Crippen LogP contribution in [-0.4, -0.2) is 7.05 Å². The highest BCUT2D eigenvalue weighted by Crippen LogP contribution is 2.23. The Labute approximate surface area is 97.8 Å². The van der Waals surface area contributed by atoms with E-state index in [4.69, 9.17) is 11.6 Å². The first-order chi connectivity index (χ1) is 7.17. The average molecular weight is 226 g/mol. The molecule has 0 aromatic heterocycles. The van der Waals surface area contributed by atoms with Gasteiger partial charge >= 0.3 is 0 Å². The first-order valence-electron chi connectivity index (χ1n) is 5.60. The summed E-state index contributed by atoms with van der Waals surface area (Å²) in [6.07, 6.45) is 2.40. The molecule has 0 spiro atoms. The molecule has 0 bridgehead atoms. The van der Waals surface area contributed by atoms with Crippen LogP contribution in [0, 0.1) is 5.92 Å². The molecule has 1 aromatic rings.